The molecule has 124 valence electrons. The first-order chi connectivity index (χ1) is 9.85. The Bertz CT molecular complexity index is 509. The number of hydrogen-bond donors (Lipinski definition) is 2. The molecule has 0 unspecified atom stereocenters. The Kier molecular flexibility index (Phi) is 6.98. The van der Waals surface area contributed by atoms with Gasteiger partial charge in [0.15, 0.2) is 0 Å². The Morgan fingerprint density at radius 3 is 2.64 bits per heavy atom. The smallest absolute Gasteiger partial charge is 0.255 e. The number of nitrogens with one attached hydrogen (secondary N) is 1. The number of benzene rings is 1. The van der Waals surface area contributed by atoms with Gasteiger partial charge in [-0.05, 0) is 57.7 Å². The number of halogens is 2. The van der Waals surface area contributed by atoms with Crippen LogP contribution in [0.1, 0.15) is 49.9 Å². The quantitative estimate of drug-likeness (QED) is 0.856. The minimum atomic E-state index is -0.458. The molecule has 0 spiro atoms. The fourth-order valence-corrected chi connectivity index (χ4v) is 2.54. The van der Waals surface area contributed by atoms with Crippen molar-refractivity contribution < 1.29 is 9.53 Å². The maximum Gasteiger partial charge on any atom is 0.255 e. The first-order valence-electron chi connectivity index (χ1n) is 7.38. The monoisotopic (exact) mass is 346 g/mol. The molecule has 22 heavy (non-hydrogen) atoms. The highest BCUT2D eigenvalue weighted by Gasteiger charge is 2.21. The molecule has 0 aromatic heterocycles. The van der Waals surface area contributed by atoms with Crippen LogP contribution >= 0.6 is 24.0 Å². The summed E-state index contributed by atoms with van der Waals surface area (Å²) in [4.78, 5) is 12.3. The number of carbonyl (C=O) groups excluding carboxylic acids is 1. The van der Waals surface area contributed by atoms with Gasteiger partial charge in [-0.3, -0.25) is 4.79 Å². The lowest BCUT2D eigenvalue weighted by atomic mass is 10.1. The van der Waals surface area contributed by atoms with Crippen molar-refractivity contribution in [1.29, 1.82) is 0 Å². The van der Waals surface area contributed by atoms with Gasteiger partial charge in [0.25, 0.3) is 5.91 Å². The second-order valence-corrected chi connectivity index (χ2v) is 6.77. The molecule has 6 heteroatoms. The molecule has 1 aliphatic rings. The van der Waals surface area contributed by atoms with Crippen LogP contribution in [-0.4, -0.2) is 24.1 Å². The number of nitrogens with two attached hydrogens (primary N) is 1. The highest BCUT2D eigenvalue weighted by Crippen LogP contribution is 2.28. The molecule has 1 aliphatic carbocycles. The maximum absolute atomic E-state index is 12.3. The van der Waals surface area contributed by atoms with Crippen LogP contribution in [0.3, 0.4) is 0 Å². The lowest BCUT2D eigenvalue weighted by molar-refractivity contribution is 0.0938. The summed E-state index contributed by atoms with van der Waals surface area (Å²) in [6.45, 7) is 4.11. The molecule has 2 rings (SSSR count). The Hall–Kier alpha value is -0.970. The van der Waals surface area contributed by atoms with Gasteiger partial charge in [-0.15, -0.1) is 12.4 Å². The third-order valence-corrected chi connectivity index (χ3v) is 3.72. The summed E-state index contributed by atoms with van der Waals surface area (Å²) in [7, 11) is 0. The fraction of sp³-hybridized carbons (Fsp3) is 0.562. The molecule has 1 aromatic carbocycles. The van der Waals surface area contributed by atoms with Crippen LogP contribution in [0.25, 0.3) is 0 Å². The molecular weight excluding hydrogens is 323 g/mol. The molecule has 1 amide bonds. The molecule has 3 N–H and O–H groups in total. The molecule has 0 bridgehead atoms. The minimum absolute atomic E-state index is 0. The number of rotatable bonds is 5. The van der Waals surface area contributed by atoms with Gasteiger partial charge in [0.2, 0.25) is 0 Å². The first kappa shape index (κ1) is 19.1. The summed E-state index contributed by atoms with van der Waals surface area (Å²) < 4.78 is 5.96. The predicted octanol–water partition coefficient (Wildman–Crippen LogP) is 3.55. The van der Waals surface area contributed by atoms with Crippen molar-refractivity contribution in [2.45, 2.75) is 51.2 Å². The number of amides is 1. The van der Waals surface area contributed by atoms with Gasteiger partial charge < -0.3 is 15.8 Å². The van der Waals surface area contributed by atoms with Crippen LogP contribution in [0.5, 0.6) is 5.75 Å². The molecule has 0 atom stereocenters. The van der Waals surface area contributed by atoms with E-state index in [1.54, 1.807) is 18.2 Å². The van der Waals surface area contributed by atoms with Crippen molar-refractivity contribution in [3.63, 3.8) is 0 Å². The zero-order valence-electron chi connectivity index (χ0n) is 13.0. The average Bonchev–Trinajstić information content (AvgIpc) is 2.90. The average molecular weight is 347 g/mol. The van der Waals surface area contributed by atoms with Crippen molar-refractivity contribution in [2.24, 2.45) is 5.73 Å². The SMILES string of the molecule is CC(C)(N)CNC(=O)c1cc(Cl)ccc1OC1CCCC1.Cl. The van der Waals surface area contributed by atoms with Gasteiger partial charge in [0, 0.05) is 17.1 Å². The van der Waals surface area contributed by atoms with E-state index < -0.39 is 5.54 Å². The third kappa shape index (κ3) is 5.67. The van der Waals surface area contributed by atoms with Gasteiger partial charge in [-0.2, -0.15) is 0 Å². The summed E-state index contributed by atoms with van der Waals surface area (Å²) in [5.41, 5.74) is 5.90. The number of ether oxygens (including phenoxy) is 1. The zero-order chi connectivity index (χ0) is 15.5. The summed E-state index contributed by atoms with van der Waals surface area (Å²) >= 11 is 6.01. The topological polar surface area (TPSA) is 64.3 Å². The first-order valence-corrected chi connectivity index (χ1v) is 7.76. The second kappa shape index (κ2) is 8.04. The number of hydrogen-bond acceptors (Lipinski definition) is 3. The molecular formula is C16H24Cl2N2O2. The highest BCUT2D eigenvalue weighted by molar-refractivity contribution is 6.31. The van der Waals surface area contributed by atoms with E-state index in [1.165, 1.54) is 12.8 Å². The van der Waals surface area contributed by atoms with Gasteiger partial charge in [0.05, 0.1) is 11.7 Å². The predicted molar refractivity (Wildman–Crippen MR) is 92.2 cm³/mol. The molecule has 4 nitrogen and oxygen atoms in total. The lowest BCUT2D eigenvalue weighted by Crippen LogP contribution is -2.45. The Morgan fingerprint density at radius 2 is 2.05 bits per heavy atom. The van der Waals surface area contributed by atoms with Crippen LogP contribution < -0.4 is 15.8 Å². The normalized spacial score (nSPS) is 15.3. The van der Waals surface area contributed by atoms with Crippen LogP contribution in [-0.2, 0) is 0 Å². The maximum atomic E-state index is 12.3. The van der Waals surface area contributed by atoms with E-state index in [0.29, 0.717) is 22.9 Å². The summed E-state index contributed by atoms with van der Waals surface area (Å²) in [6.07, 6.45) is 4.64. The van der Waals surface area contributed by atoms with Gasteiger partial charge in [-0.1, -0.05) is 11.6 Å². The van der Waals surface area contributed by atoms with E-state index in [0.717, 1.165) is 12.8 Å². The minimum Gasteiger partial charge on any atom is -0.490 e. The van der Waals surface area contributed by atoms with E-state index in [4.69, 9.17) is 22.1 Å². The third-order valence-electron chi connectivity index (χ3n) is 3.49. The zero-order valence-corrected chi connectivity index (χ0v) is 14.6. The largest absolute Gasteiger partial charge is 0.490 e. The summed E-state index contributed by atoms with van der Waals surface area (Å²) in [6, 6.07) is 5.16. The lowest BCUT2D eigenvalue weighted by Gasteiger charge is -2.20. The molecule has 0 radical (unpaired) electrons. The van der Waals surface area contributed by atoms with E-state index in [-0.39, 0.29) is 24.4 Å². The van der Waals surface area contributed by atoms with E-state index in [2.05, 4.69) is 5.32 Å². The molecule has 1 fully saturated rings. The van der Waals surface area contributed by atoms with E-state index >= 15 is 0 Å². The summed E-state index contributed by atoms with van der Waals surface area (Å²) in [5, 5.41) is 3.35. The van der Waals surface area contributed by atoms with Crippen LogP contribution in [0.2, 0.25) is 5.02 Å². The van der Waals surface area contributed by atoms with Crippen molar-refractivity contribution in [3.05, 3.63) is 28.8 Å². The molecule has 0 heterocycles. The van der Waals surface area contributed by atoms with Gasteiger partial charge >= 0.3 is 0 Å². The highest BCUT2D eigenvalue weighted by atomic mass is 35.5. The van der Waals surface area contributed by atoms with Crippen molar-refractivity contribution in [3.8, 4) is 5.75 Å². The summed E-state index contributed by atoms with van der Waals surface area (Å²) in [5.74, 6) is 0.391. The number of carbonyl (C=O) groups is 1. The van der Waals surface area contributed by atoms with Crippen LogP contribution in [0, 0.1) is 0 Å². The fourth-order valence-electron chi connectivity index (χ4n) is 2.37. The van der Waals surface area contributed by atoms with Crippen LogP contribution in [0.4, 0.5) is 0 Å². The van der Waals surface area contributed by atoms with Crippen molar-refractivity contribution in [2.75, 3.05) is 6.54 Å². The molecule has 0 aliphatic heterocycles. The van der Waals surface area contributed by atoms with E-state index in [9.17, 15) is 4.79 Å². The second-order valence-electron chi connectivity index (χ2n) is 6.34. The Balaban J connectivity index is 0.00000242. The van der Waals surface area contributed by atoms with Gasteiger partial charge in [-0.25, -0.2) is 0 Å². The molecule has 1 saturated carbocycles. The molecule has 0 saturated heterocycles. The van der Waals surface area contributed by atoms with Crippen LogP contribution in [0.15, 0.2) is 18.2 Å². The van der Waals surface area contributed by atoms with Crippen molar-refractivity contribution in [1.82, 2.24) is 5.32 Å². The van der Waals surface area contributed by atoms with E-state index in [1.807, 2.05) is 13.8 Å². The van der Waals surface area contributed by atoms with Crippen molar-refractivity contribution >= 4 is 29.9 Å². The Labute approximate surface area is 143 Å². The van der Waals surface area contributed by atoms with Gasteiger partial charge in [0.1, 0.15) is 5.75 Å². The molecule has 1 aromatic rings. The Morgan fingerprint density at radius 1 is 1.41 bits per heavy atom. The standard InChI is InChI=1S/C16H23ClN2O2.ClH/c1-16(2,18)10-19-15(20)13-9-11(17)7-8-14(13)21-12-5-3-4-6-12;/h7-9,12H,3-6,10,18H2,1-2H3,(H,19,20);1H.